The number of ether oxygens (including phenoxy) is 1. The summed E-state index contributed by atoms with van der Waals surface area (Å²) in [5.74, 6) is -0.0648. The molecule has 0 aliphatic carbocycles. The molecule has 1 saturated heterocycles. The second-order valence-electron chi connectivity index (χ2n) is 1.89. The van der Waals surface area contributed by atoms with E-state index >= 15 is 0 Å². The van der Waals surface area contributed by atoms with E-state index in [2.05, 4.69) is 0 Å². The van der Waals surface area contributed by atoms with E-state index in [9.17, 15) is 9.59 Å². The fourth-order valence-electron chi connectivity index (χ4n) is 0.594. The number of rotatable bonds is 2. The molecule has 0 spiro atoms. The number of ketones is 1. The van der Waals surface area contributed by atoms with Gasteiger partial charge in [0.15, 0.2) is 18.0 Å². The van der Waals surface area contributed by atoms with Crippen molar-refractivity contribution in [2.45, 2.75) is 19.1 Å². The molecule has 3 nitrogen and oxygen atoms in total. The van der Waals surface area contributed by atoms with Crippen molar-refractivity contribution in [1.29, 1.82) is 0 Å². The van der Waals surface area contributed by atoms with Crippen LogP contribution in [0.25, 0.3) is 0 Å². The van der Waals surface area contributed by atoms with Crippen LogP contribution in [0.5, 0.6) is 0 Å². The fraction of sp³-hybridized carbons (Fsp3) is 0.600. The van der Waals surface area contributed by atoms with Gasteiger partial charge in [0, 0.05) is 22.6 Å². The quantitative estimate of drug-likeness (QED) is 0.396. The lowest BCUT2D eigenvalue weighted by Crippen LogP contribution is -2.08. The number of hydrogen-bond acceptors (Lipinski definition) is 3. The highest BCUT2D eigenvalue weighted by Crippen LogP contribution is 2.25. The first kappa shape index (κ1) is 7.14. The van der Waals surface area contributed by atoms with Gasteiger partial charge in [0.25, 0.3) is 0 Å². The third-order valence-electron chi connectivity index (χ3n) is 1.12. The van der Waals surface area contributed by atoms with Crippen molar-refractivity contribution >= 4 is 32.2 Å². The molecular weight excluding hydrogens is 235 g/mol. The highest BCUT2D eigenvalue weighted by molar-refractivity contribution is 14.1. The van der Waals surface area contributed by atoms with Crippen molar-refractivity contribution in [3.63, 3.8) is 0 Å². The van der Waals surface area contributed by atoms with Gasteiger partial charge in [0.1, 0.15) is 0 Å². The van der Waals surface area contributed by atoms with Crippen molar-refractivity contribution in [3.05, 3.63) is 0 Å². The number of Topliss-reactive ketones (excluding diaryl/α,β-unsaturated/α-hetero) is 1. The van der Waals surface area contributed by atoms with Crippen LogP contribution in [0.4, 0.5) is 0 Å². The minimum atomic E-state index is -0.442. The van der Waals surface area contributed by atoms with Crippen molar-refractivity contribution in [3.8, 4) is 0 Å². The number of epoxide rings is 1. The summed E-state index contributed by atoms with van der Waals surface area (Å²) in [5, 5.41) is 0. The van der Waals surface area contributed by atoms with E-state index in [0.717, 1.165) is 0 Å². The Kier molecular flexibility index (Phi) is 1.85. The topological polar surface area (TPSA) is 46.7 Å². The van der Waals surface area contributed by atoms with Crippen molar-refractivity contribution in [1.82, 2.24) is 0 Å². The summed E-state index contributed by atoms with van der Waals surface area (Å²) in [5.41, 5.74) is 0. The molecule has 0 aromatic carbocycles. The van der Waals surface area contributed by atoms with Gasteiger partial charge in [-0.25, -0.2) is 0 Å². The molecule has 0 aromatic heterocycles. The molecule has 1 rings (SSSR count). The molecular formula is C5H5IO3. The second kappa shape index (κ2) is 2.34. The van der Waals surface area contributed by atoms with Gasteiger partial charge in [-0.15, -0.1) is 0 Å². The Morgan fingerprint density at radius 3 is 2.11 bits per heavy atom. The summed E-state index contributed by atoms with van der Waals surface area (Å²) < 4.78 is 4.64. The highest BCUT2D eigenvalue weighted by atomic mass is 127. The van der Waals surface area contributed by atoms with Crippen LogP contribution in [-0.2, 0) is 14.3 Å². The summed E-state index contributed by atoms with van der Waals surface area (Å²) in [6, 6.07) is 0. The lowest BCUT2D eigenvalue weighted by atomic mass is 10.2. The number of carbonyl (C=O) groups is 2. The Bertz CT molecular complexity index is 148. The smallest absolute Gasteiger partial charge is 0.224 e. The monoisotopic (exact) mass is 240 g/mol. The van der Waals surface area contributed by atoms with Gasteiger partial charge in [-0.1, -0.05) is 0 Å². The molecule has 2 atom stereocenters. The van der Waals surface area contributed by atoms with Crippen LogP contribution in [0.2, 0.25) is 0 Å². The van der Waals surface area contributed by atoms with E-state index in [1.807, 2.05) is 0 Å². The van der Waals surface area contributed by atoms with E-state index in [4.69, 9.17) is 4.74 Å². The number of hydrogen-bond donors (Lipinski definition) is 0. The maximum atomic E-state index is 10.4. The SMILES string of the molecule is CC(=O)C1OC1C(=O)I. The zero-order valence-electron chi connectivity index (χ0n) is 4.76. The lowest BCUT2D eigenvalue weighted by Gasteiger charge is -1.78. The Morgan fingerprint density at radius 2 is 2.00 bits per heavy atom. The molecule has 0 saturated carbocycles. The van der Waals surface area contributed by atoms with Gasteiger partial charge in [-0.2, -0.15) is 0 Å². The molecule has 1 fully saturated rings. The average molecular weight is 240 g/mol. The van der Waals surface area contributed by atoms with Crippen LogP contribution in [0.3, 0.4) is 0 Å². The van der Waals surface area contributed by atoms with Crippen LogP contribution in [0, 0.1) is 0 Å². The Hall–Kier alpha value is 0.0300. The van der Waals surface area contributed by atoms with E-state index in [1.165, 1.54) is 6.92 Å². The van der Waals surface area contributed by atoms with Gasteiger partial charge < -0.3 is 4.74 Å². The molecule has 0 bridgehead atoms. The maximum absolute atomic E-state index is 10.4. The minimum Gasteiger partial charge on any atom is -0.352 e. The fourth-order valence-corrected chi connectivity index (χ4v) is 1.07. The van der Waals surface area contributed by atoms with E-state index in [0.29, 0.717) is 0 Å². The molecule has 50 valence electrons. The summed E-state index contributed by atoms with van der Waals surface area (Å²) >= 11 is 1.63. The highest BCUT2D eigenvalue weighted by Gasteiger charge is 2.46. The molecule has 0 N–H and O–H groups in total. The average Bonchev–Trinajstić information content (AvgIpc) is 2.39. The first-order valence-corrected chi connectivity index (χ1v) is 3.56. The number of halogens is 1. The minimum absolute atomic E-state index is 0.0648. The van der Waals surface area contributed by atoms with Crippen LogP contribution >= 0.6 is 22.6 Å². The third-order valence-corrected chi connectivity index (χ3v) is 1.73. The molecule has 1 aliphatic heterocycles. The third kappa shape index (κ3) is 1.48. The molecule has 9 heavy (non-hydrogen) atoms. The molecule has 1 aliphatic rings. The Labute approximate surface area is 65.9 Å². The summed E-state index contributed by atoms with van der Waals surface area (Å²) in [4.78, 5) is 20.9. The Balaban J connectivity index is 2.42. The summed E-state index contributed by atoms with van der Waals surface area (Å²) in [6.07, 6.45) is -0.877. The zero-order valence-corrected chi connectivity index (χ0v) is 6.91. The standard InChI is InChI=1S/C5H5IO3/c1-2(7)3-4(9-3)5(6)8/h3-4H,1H3. The zero-order chi connectivity index (χ0) is 7.02. The second-order valence-corrected chi connectivity index (χ2v) is 2.96. The first-order chi connectivity index (χ1) is 4.13. The van der Waals surface area contributed by atoms with Gasteiger partial charge in [0.2, 0.25) is 3.79 Å². The van der Waals surface area contributed by atoms with Crippen LogP contribution < -0.4 is 0 Å². The van der Waals surface area contributed by atoms with Gasteiger partial charge in [-0.05, 0) is 6.92 Å². The van der Waals surface area contributed by atoms with Crippen molar-refractivity contribution in [2.24, 2.45) is 0 Å². The van der Waals surface area contributed by atoms with E-state index in [1.54, 1.807) is 22.6 Å². The molecule has 0 aromatic rings. The predicted molar refractivity (Wildman–Crippen MR) is 38.4 cm³/mol. The largest absolute Gasteiger partial charge is 0.352 e. The van der Waals surface area contributed by atoms with Crippen LogP contribution in [-0.4, -0.2) is 21.8 Å². The van der Waals surface area contributed by atoms with Crippen LogP contribution in [0.1, 0.15) is 6.92 Å². The number of carbonyl (C=O) groups excluding carboxylic acids is 2. The molecule has 1 heterocycles. The van der Waals surface area contributed by atoms with Crippen molar-refractivity contribution in [2.75, 3.05) is 0 Å². The van der Waals surface area contributed by atoms with Crippen molar-refractivity contribution < 1.29 is 14.3 Å². The Morgan fingerprint density at radius 1 is 1.44 bits per heavy atom. The first-order valence-electron chi connectivity index (χ1n) is 2.48. The predicted octanol–water partition coefficient (Wildman–Crippen LogP) is 0.304. The lowest BCUT2D eigenvalue weighted by molar-refractivity contribution is -0.118. The molecule has 0 radical (unpaired) electrons. The van der Waals surface area contributed by atoms with Crippen LogP contribution in [0.15, 0.2) is 0 Å². The molecule has 0 amide bonds. The van der Waals surface area contributed by atoms with Gasteiger partial charge in [0.05, 0.1) is 0 Å². The van der Waals surface area contributed by atoms with Gasteiger partial charge in [-0.3, -0.25) is 9.59 Å². The normalized spacial score (nSPS) is 31.8. The summed E-state index contributed by atoms with van der Waals surface area (Å²) in [6.45, 7) is 1.42. The maximum Gasteiger partial charge on any atom is 0.224 e. The molecule has 2 unspecified atom stereocenters. The molecule has 4 heteroatoms. The van der Waals surface area contributed by atoms with E-state index in [-0.39, 0.29) is 9.57 Å². The van der Waals surface area contributed by atoms with E-state index < -0.39 is 12.2 Å². The summed E-state index contributed by atoms with van der Waals surface area (Å²) in [7, 11) is 0. The van der Waals surface area contributed by atoms with Gasteiger partial charge >= 0.3 is 0 Å².